The molecule has 8 heteroatoms. The van der Waals surface area contributed by atoms with Gasteiger partial charge in [-0.15, -0.1) is 0 Å². The van der Waals surface area contributed by atoms with Gasteiger partial charge in [0.25, 0.3) is 0 Å². The quantitative estimate of drug-likeness (QED) is 0.180. The Labute approximate surface area is 184 Å². The van der Waals surface area contributed by atoms with Crippen LogP contribution in [0.1, 0.15) is 56.9 Å². The van der Waals surface area contributed by atoms with Gasteiger partial charge < -0.3 is 4.74 Å². The van der Waals surface area contributed by atoms with Crippen molar-refractivity contribution in [1.29, 1.82) is 0 Å². The monoisotopic (exact) mass is 447 g/mol. The van der Waals surface area contributed by atoms with E-state index in [0.29, 0.717) is 25.0 Å². The van der Waals surface area contributed by atoms with Gasteiger partial charge in [0.1, 0.15) is 5.75 Å². The van der Waals surface area contributed by atoms with Crippen LogP contribution in [0.3, 0.4) is 0 Å². The fourth-order valence-electron chi connectivity index (χ4n) is 3.70. The molecular formula is C20H25N3OS3Si. The Balaban J connectivity index is 1.85. The molecule has 0 atom stereocenters. The van der Waals surface area contributed by atoms with E-state index < -0.39 is 8.56 Å². The summed E-state index contributed by atoms with van der Waals surface area (Å²) in [4.78, 5) is 0. The highest BCUT2D eigenvalue weighted by atomic mass is 32.1. The third-order valence-corrected chi connectivity index (χ3v) is 8.57. The van der Waals surface area contributed by atoms with Crippen molar-refractivity contribution in [2.75, 3.05) is 6.61 Å². The van der Waals surface area contributed by atoms with Gasteiger partial charge in [-0.1, -0.05) is 25.5 Å². The minimum absolute atomic E-state index is 0.530. The van der Waals surface area contributed by atoms with Gasteiger partial charge in [0.2, 0.25) is 0 Å². The van der Waals surface area contributed by atoms with Crippen molar-refractivity contribution in [3.8, 4) is 5.75 Å². The highest BCUT2D eigenvalue weighted by Gasteiger charge is 2.34. The lowest BCUT2D eigenvalue weighted by Crippen LogP contribution is -2.28. The Morgan fingerprint density at radius 2 is 1.54 bits per heavy atom. The summed E-state index contributed by atoms with van der Waals surface area (Å²) in [7, 11) is -2.83. The van der Waals surface area contributed by atoms with E-state index in [1.165, 1.54) is 37.7 Å². The SMILES string of the molecule is CCC1CCC(c2ccc(OCCC[Si](N=C=S)(N=C=S)N=C=S)cc2)CC1. The smallest absolute Gasteiger partial charge is 0.461 e. The van der Waals surface area contributed by atoms with E-state index in [0.717, 1.165) is 11.7 Å². The van der Waals surface area contributed by atoms with Crippen molar-refractivity contribution in [3.05, 3.63) is 29.8 Å². The molecule has 0 heterocycles. The van der Waals surface area contributed by atoms with Gasteiger partial charge in [0, 0.05) is 6.04 Å². The zero-order valence-electron chi connectivity index (χ0n) is 16.1. The molecule has 0 aliphatic heterocycles. The van der Waals surface area contributed by atoms with Crippen LogP contribution in [0.25, 0.3) is 0 Å². The fourth-order valence-corrected chi connectivity index (χ4v) is 6.56. The molecule has 2 rings (SSSR count). The Morgan fingerprint density at radius 1 is 0.964 bits per heavy atom. The third-order valence-electron chi connectivity index (χ3n) is 5.37. The largest absolute Gasteiger partial charge is 0.494 e. The fraction of sp³-hybridized carbons (Fsp3) is 0.550. The number of isothiocyanates is 3. The van der Waals surface area contributed by atoms with E-state index in [2.05, 4.69) is 60.6 Å². The normalized spacial score (nSPS) is 20.6. The number of hydrogen-bond acceptors (Lipinski definition) is 7. The predicted molar refractivity (Wildman–Crippen MR) is 127 cm³/mol. The number of nitrogens with zero attached hydrogens (tertiary/aromatic N) is 3. The summed E-state index contributed by atoms with van der Waals surface area (Å²) >= 11 is 14.1. The minimum atomic E-state index is -2.83. The van der Waals surface area contributed by atoms with E-state index in [4.69, 9.17) is 41.4 Å². The van der Waals surface area contributed by atoms with Crippen molar-refractivity contribution in [3.63, 3.8) is 0 Å². The van der Waals surface area contributed by atoms with Gasteiger partial charge in [-0.25, -0.2) is 14.0 Å². The van der Waals surface area contributed by atoms with Crippen LogP contribution >= 0.6 is 36.7 Å². The number of rotatable bonds is 10. The van der Waals surface area contributed by atoms with Crippen LogP contribution in [0.2, 0.25) is 6.04 Å². The summed E-state index contributed by atoms with van der Waals surface area (Å²) < 4.78 is 18.2. The second kappa shape index (κ2) is 12.3. The summed E-state index contributed by atoms with van der Waals surface area (Å²) in [5.41, 5.74) is 1.43. The first-order valence-electron chi connectivity index (χ1n) is 9.66. The van der Waals surface area contributed by atoms with Gasteiger partial charge in [-0.2, -0.15) is 0 Å². The first-order valence-corrected chi connectivity index (χ1v) is 12.9. The van der Waals surface area contributed by atoms with Crippen molar-refractivity contribution < 1.29 is 4.74 Å². The average Bonchev–Trinajstić information content (AvgIpc) is 2.72. The first kappa shape index (κ1) is 22.9. The summed E-state index contributed by atoms with van der Waals surface area (Å²) in [6.07, 6.45) is 7.31. The molecule has 0 spiro atoms. The summed E-state index contributed by atoms with van der Waals surface area (Å²) in [5, 5.41) is 7.05. The van der Waals surface area contributed by atoms with E-state index >= 15 is 0 Å². The summed E-state index contributed by atoms with van der Waals surface area (Å²) in [6, 6.07) is 9.10. The number of ether oxygens (including phenoxy) is 1. The van der Waals surface area contributed by atoms with Gasteiger partial charge in [-0.3, -0.25) is 0 Å². The molecule has 1 fully saturated rings. The lowest BCUT2D eigenvalue weighted by Gasteiger charge is -2.28. The van der Waals surface area contributed by atoms with Crippen molar-refractivity contribution in [2.24, 2.45) is 19.9 Å². The molecule has 0 radical (unpaired) electrons. The second-order valence-corrected chi connectivity index (χ2v) is 10.3. The van der Waals surface area contributed by atoms with Crippen molar-refractivity contribution in [1.82, 2.24) is 0 Å². The molecule has 0 saturated heterocycles. The molecule has 1 aliphatic carbocycles. The average molecular weight is 448 g/mol. The zero-order valence-corrected chi connectivity index (χ0v) is 19.5. The van der Waals surface area contributed by atoms with Crippen LogP contribution in [0.4, 0.5) is 0 Å². The maximum atomic E-state index is 5.87. The van der Waals surface area contributed by atoms with Gasteiger partial charge in [-0.05, 0) is 98.3 Å². The van der Waals surface area contributed by atoms with Crippen LogP contribution in [-0.2, 0) is 0 Å². The lowest BCUT2D eigenvalue weighted by molar-refractivity contribution is 0.313. The molecule has 4 nitrogen and oxygen atoms in total. The molecule has 0 N–H and O–H groups in total. The van der Waals surface area contributed by atoms with Gasteiger partial charge in [0.05, 0.1) is 22.1 Å². The zero-order chi connectivity index (χ0) is 20.2. The molecule has 1 aliphatic rings. The van der Waals surface area contributed by atoms with Crippen molar-refractivity contribution >= 4 is 60.7 Å². The van der Waals surface area contributed by atoms with E-state index in [-0.39, 0.29) is 0 Å². The molecule has 1 aromatic rings. The second-order valence-electron chi connectivity index (χ2n) is 7.03. The molecule has 0 bridgehead atoms. The van der Waals surface area contributed by atoms with Crippen LogP contribution in [-0.4, -0.2) is 30.6 Å². The minimum Gasteiger partial charge on any atom is -0.494 e. The molecule has 1 saturated carbocycles. The number of benzene rings is 1. The molecule has 0 aromatic heterocycles. The van der Waals surface area contributed by atoms with Crippen LogP contribution in [0, 0.1) is 5.92 Å². The van der Waals surface area contributed by atoms with Gasteiger partial charge >= 0.3 is 8.56 Å². The Hall–Kier alpha value is -1.36. The van der Waals surface area contributed by atoms with E-state index in [1.807, 2.05) is 0 Å². The first-order chi connectivity index (χ1) is 13.7. The molecular weight excluding hydrogens is 423 g/mol. The Bertz CT molecular complexity index is 729. The molecule has 0 amide bonds. The summed E-state index contributed by atoms with van der Waals surface area (Å²) in [5.74, 6) is 2.48. The molecule has 148 valence electrons. The predicted octanol–water partition coefficient (Wildman–Crippen LogP) is 6.39. The number of thiocarbonyl (C=S) groups is 3. The van der Waals surface area contributed by atoms with Gasteiger partial charge in [0.15, 0.2) is 0 Å². The molecule has 1 aromatic carbocycles. The summed E-state index contributed by atoms with van der Waals surface area (Å²) in [6.45, 7) is 2.83. The highest BCUT2D eigenvalue weighted by molar-refractivity contribution is 7.78. The third kappa shape index (κ3) is 6.91. The lowest BCUT2D eigenvalue weighted by atomic mass is 9.78. The van der Waals surface area contributed by atoms with E-state index in [1.54, 1.807) is 0 Å². The Kier molecular flexibility index (Phi) is 10.0. The van der Waals surface area contributed by atoms with Crippen LogP contribution < -0.4 is 4.74 Å². The van der Waals surface area contributed by atoms with Crippen LogP contribution in [0.15, 0.2) is 38.2 Å². The topological polar surface area (TPSA) is 46.3 Å². The molecule has 0 unspecified atom stereocenters. The van der Waals surface area contributed by atoms with Crippen molar-refractivity contribution in [2.45, 2.75) is 57.4 Å². The maximum Gasteiger partial charge on any atom is 0.461 e. The standard InChI is InChI=1S/C20H25N3OS3Si/c1-2-17-4-6-18(7-5-17)19-8-10-20(11-9-19)24-12-3-13-28(21-14-25,22-15-26)23-16-27/h8-11,17-18H,2-7,12-13H2,1H3. The van der Waals surface area contributed by atoms with E-state index in [9.17, 15) is 0 Å². The number of hydrogen-bond donors (Lipinski definition) is 0. The van der Waals surface area contributed by atoms with Crippen LogP contribution in [0.5, 0.6) is 5.75 Å². The highest BCUT2D eigenvalue weighted by Crippen LogP contribution is 2.37. The maximum absolute atomic E-state index is 5.87. The molecule has 28 heavy (non-hydrogen) atoms. The Morgan fingerprint density at radius 3 is 2.04 bits per heavy atom.